The summed E-state index contributed by atoms with van der Waals surface area (Å²) in [6, 6.07) is 23.5. The van der Waals surface area contributed by atoms with Crippen molar-refractivity contribution >= 4 is 33.7 Å². The number of hydrogen-bond donors (Lipinski definition) is 2. The van der Waals surface area contributed by atoms with Crippen LogP contribution in [0, 0.1) is 0 Å². The molecule has 0 aliphatic carbocycles. The van der Waals surface area contributed by atoms with Crippen molar-refractivity contribution in [3.63, 3.8) is 0 Å². The van der Waals surface area contributed by atoms with Crippen molar-refractivity contribution in [1.82, 2.24) is 5.32 Å². The summed E-state index contributed by atoms with van der Waals surface area (Å²) in [5.41, 5.74) is 6.31. The fourth-order valence-corrected chi connectivity index (χ4v) is 4.20. The molecule has 4 nitrogen and oxygen atoms in total. The molecule has 0 radical (unpaired) electrons. The highest BCUT2D eigenvalue weighted by molar-refractivity contribution is 6.29. The Balaban J connectivity index is 1.77. The molecule has 2 N–H and O–H groups in total. The van der Waals surface area contributed by atoms with Gasteiger partial charge in [0.25, 0.3) is 0 Å². The van der Waals surface area contributed by atoms with E-state index in [1.54, 1.807) is 12.1 Å². The second-order valence-corrected chi connectivity index (χ2v) is 8.16. The molecule has 0 amide bonds. The summed E-state index contributed by atoms with van der Waals surface area (Å²) in [7, 11) is 0. The third-order valence-electron chi connectivity index (χ3n) is 5.59. The Bertz CT molecular complexity index is 1240. The Labute approximate surface area is 199 Å². The number of hydrogen-bond acceptors (Lipinski definition) is 4. The average Bonchev–Trinajstić information content (AvgIpc) is 3.21. The van der Waals surface area contributed by atoms with E-state index >= 15 is 0 Å². The van der Waals surface area contributed by atoms with E-state index in [1.807, 2.05) is 36.4 Å². The molecule has 0 saturated carbocycles. The molecule has 5 heteroatoms. The molecule has 0 aliphatic rings. The molecule has 4 rings (SSSR count). The van der Waals surface area contributed by atoms with Crippen LogP contribution in [0.5, 0.6) is 11.5 Å². The lowest BCUT2D eigenvalue weighted by molar-refractivity contribution is 0.315. The van der Waals surface area contributed by atoms with Gasteiger partial charge in [0, 0.05) is 18.0 Å². The van der Waals surface area contributed by atoms with Crippen LogP contribution in [-0.2, 0) is 0 Å². The zero-order valence-electron chi connectivity index (χ0n) is 18.9. The Morgan fingerprint density at radius 2 is 1.58 bits per heavy atom. The second-order valence-electron chi connectivity index (χ2n) is 7.78. The first-order valence-corrected chi connectivity index (χ1v) is 11.6. The SMILES string of the molecule is CCNCCOc1ccc(/C(=C(\CC)c2ccc3oc(Cl)cc3c2)c2ccc(O)cc2)cc1. The van der Waals surface area contributed by atoms with E-state index in [2.05, 4.69) is 43.4 Å². The molecule has 0 saturated heterocycles. The lowest BCUT2D eigenvalue weighted by Gasteiger charge is -2.17. The smallest absolute Gasteiger partial charge is 0.194 e. The van der Waals surface area contributed by atoms with Crippen molar-refractivity contribution in [2.24, 2.45) is 0 Å². The van der Waals surface area contributed by atoms with Crippen molar-refractivity contribution in [3.8, 4) is 11.5 Å². The Hall–Kier alpha value is -3.21. The van der Waals surface area contributed by atoms with Gasteiger partial charge in [-0.05, 0) is 88.8 Å². The first-order chi connectivity index (χ1) is 16.1. The molecule has 4 aromatic rings. The highest BCUT2D eigenvalue weighted by Crippen LogP contribution is 2.37. The van der Waals surface area contributed by atoms with Gasteiger partial charge in [-0.2, -0.15) is 0 Å². The minimum absolute atomic E-state index is 0.245. The molecule has 0 spiro atoms. The second kappa shape index (κ2) is 10.6. The number of halogens is 1. The number of rotatable bonds is 9. The van der Waals surface area contributed by atoms with Crippen LogP contribution in [0.25, 0.3) is 22.1 Å². The topological polar surface area (TPSA) is 54.6 Å². The molecule has 0 atom stereocenters. The summed E-state index contributed by atoms with van der Waals surface area (Å²) < 4.78 is 11.4. The van der Waals surface area contributed by atoms with Gasteiger partial charge in [-0.1, -0.05) is 44.2 Å². The van der Waals surface area contributed by atoms with Gasteiger partial charge >= 0.3 is 0 Å². The van der Waals surface area contributed by atoms with Crippen LogP contribution in [0.4, 0.5) is 0 Å². The normalized spacial score (nSPS) is 12.1. The van der Waals surface area contributed by atoms with E-state index in [9.17, 15) is 5.11 Å². The largest absolute Gasteiger partial charge is 0.508 e. The molecule has 3 aromatic carbocycles. The van der Waals surface area contributed by atoms with Gasteiger partial charge in [0.05, 0.1) is 0 Å². The van der Waals surface area contributed by atoms with Crippen LogP contribution in [-0.4, -0.2) is 24.8 Å². The van der Waals surface area contributed by atoms with Crippen LogP contribution < -0.4 is 10.1 Å². The summed E-state index contributed by atoms with van der Waals surface area (Å²) in [6.07, 6.45) is 0.828. The Kier molecular flexibility index (Phi) is 7.38. The molecule has 1 aromatic heterocycles. The highest BCUT2D eigenvalue weighted by Gasteiger charge is 2.15. The van der Waals surface area contributed by atoms with Crippen LogP contribution in [0.1, 0.15) is 37.0 Å². The van der Waals surface area contributed by atoms with Gasteiger partial charge in [-0.3, -0.25) is 0 Å². The first-order valence-electron chi connectivity index (χ1n) is 11.2. The predicted molar refractivity (Wildman–Crippen MR) is 136 cm³/mol. The Morgan fingerprint density at radius 3 is 2.24 bits per heavy atom. The standard InChI is InChI=1S/C28H28ClNO3/c1-3-25(21-9-14-26-22(17-21)18-27(29)33-26)28(19-5-10-23(31)11-6-19)20-7-12-24(13-8-20)32-16-15-30-4-2/h5-14,17-18,30-31H,3-4,15-16H2,1-2H3/b28-25+. The first kappa shape index (κ1) is 23.0. The number of likely N-dealkylation sites (N-methyl/N-ethyl adjacent to an activating group) is 1. The van der Waals surface area contributed by atoms with E-state index in [0.717, 1.165) is 58.5 Å². The molecule has 1 heterocycles. The summed E-state index contributed by atoms with van der Waals surface area (Å²) in [4.78, 5) is 0. The molecular formula is C28H28ClNO3. The number of ether oxygens (including phenoxy) is 1. The molecular weight excluding hydrogens is 434 g/mol. The highest BCUT2D eigenvalue weighted by atomic mass is 35.5. The van der Waals surface area contributed by atoms with Gasteiger partial charge in [0.2, 0.25) is 0 Å². The van der Waals surface area contributed by atoms with Crippen molar-refractivity contribution < 1.29 is 14.3 Å². The van der Waals surface area contributed by atoms with E-state index in [4.69, 9.17) is 20.8 Å². The molecule has 170 valence electrons. The molecule has 0 fully saturated rings. The van der Waals surface area contributed by atoms with Crippen molar-refractivity contribution in [1.29, 1.82) is 0 Å². The van der Waals surface area contributed by atoms with E-state index < -0.39 is 0 Å². The maximum Gasteiger partial charge on any atom is 0.194 e. The van der Waals surface area contributed by atoms with Crippen LogP contribution in [0.3, 0.4) is 0 Å². The van der Waals surface area contributed by atoms with E-state index in [-0.39, 0.29) is 5.75 Å². The van der Waals surface area contributed by atoms with Crippen LogP contribution in [0.15, 0.2) is 77.2 Å². The number of fused-ring (bicyclic) bond motifs is 1. The van der Waals surface area contributed by atoms with Crippen molar-refractivity contribution in [2.45, 2.75) is 20.3 Å². The molecule has 33 heavy (non-hydrogen) atoms. The molecule has 0 aliphatic heterocycles. The minimum atomic E-state index is 0.245. The number of aromatic hydroxyl groups is 1. The monoisotopic (exact) mass is 461 g/mol. The maximum absolute atomic E-state index is 9.84. The summed E-state index contributed by atoms with van der Waals surface area (Å²) in [5, 5.41) is 14.5. The Morgan fingerprint density at radius 1 is 0.909 bits per heavy atom. The van der Waals surface area contributed by atoms with Crippen LogP contribution in [0.2, 0.25) is 5.22 Å². The number of phenolic OH excluding ortho intramolecular Hbond substituents is 1. The van der Waals surface area contributed by atoms with Crippen LogP contribution >= 0.6 is 11.6 Å². The van der Waals surface area contributed by atoms with Crippen molar-refractivity contribution in [2.75, 3.05) is 19.7 Å². The maximum atomic E-state index is 9.84. The fourth-order valence-electron chi connectivity index (χ4n) is 4.00. The third-order valence-corrected chi connectivity index (χ3v) is 5.77. The number of phenols is 1. The van der Waals surface area contributed by atoms with E-state index in [0.29, 0.717) is 11.8 Å². The zero-order valence-corrected chi connectivity index (χ0v) is 19.7. The fraction of sp³-hybridized carbons (Fsp3) is 0.214. The lowest BCUT2D eigenvalue weighted by atomic mass is 9.88. The van der Waals surface area contributed by atoms with Crippen molar-refractivity contribution in [3.05, 3.63) is 94.7 Å². The summed E-state index contributed by atoms with van der Waals surface area (Å²) in [5.74, 6) is 1.09. The average molecular weight is 462 g/mol. The number of nitrogens with one attached hydrogen (secondary N) is 1. The number of allylic oxidation sites excluding steroid dienone is 1. The molecule has 0 bridgehead atoms. The third kappa shape index (κ3) is 5.41. The summed E-state index contributed by atoms with van der Waals surface area (Å²) >= 11 is 6.07. The van der Waals surface area contributed by atoms with E-state index in [1.165, 1.54) is 5.57 Å². The van der Waals surface area contributed by atoms with Gasteiger partial charge < -0.3 is 19.6 Å². The molecule has 0 unspecified atom stereocenters. The number of benzene rings is 3. The van der Waals surface area contributed by atoms with Gasteiger partial charge in [-0.25, -0.2) is 0 Å². The quantitative estimate of drug-likeness (QED) is 0.205. The van der Waals surface area contributed by atoms with Gasteiger partial charge in [-0.15, -0.1) is 0 Å². The minimum Gasteiger partial charge on any atom is -0.508 e. The number of furan rings is 1. The lowest BCUT2D eigenvalue weighted by Crippen LogP contribution is -2.20. The van der Waals surface area contributed by atoms with Gasteiger partial charge in [0.1, 0.15) is 23.7 Å². The predicted octanol–water partition coefficient (Wildman–Crippen LogP) is 7.15. The zero-order chi connectivity index (χ0) is 23.2. The van der Waals surface area contributed by atoms with Gasteiger partial charge in [0.15, 0.2) is 5.22 Å². The summed E-state index contributed by atoms with van der Waals surface area (Å²) in [6.45, 7) is 6.61.